The lowest BCUT2D eigenvalue weighted by molar-refractivity contribution is 0.392. The maximum atomic E-state index is 13.9. The van der Waals surface area contributed by atoms with Gasteiger partial charge in [-0.1, -0.05) is 6.07 Å². The molecule has 0 saturated carbocycles. The molecule has 0 aliphatic heterocycles. The molecule has 0 saturated heterocycles. The first-order valence-electron chi connectivity index (χ1n) is 8.65. The summed E-state index contributed by atoms with van der Waals surface area (Å²) >= 11 is 0. The predicted octanol–water partition coefficient (Wildman–Crippen LogP) is 1.61. The molecule has 142 valence electrons. The highest BCUT2D eigenvalue weighted by molar-refractivity contribution is 5.79. The molecule has 0 radical (unpaired) electrons. The fraction of sp³-hybridized carbons (Fsp3) is 0.500. The topological polar surface area (TPSA) is 61.6 Å². The Hall–Kier alpha value is -2.48. The van der Waals surface area contributed by atoms with E-state index in [1.165, 1.54) is 12.4 Å². The maximum Gasteiger partial charge on any atom is 0.194 e. The average Bonchev–Trinajstić information content (AvgIpc) is 2.98. The molecule has 1 N–H and O–H groups in total. The van der Waals surface area contributed by atoms with Crippen LogP contribution in [0.2, 0.25) is 0 Å². The van der Waals surface area contributed by atoms with E-state index in [1.54, 1.807) is 10.7 Å². The molecule has 7 nitrogen and oxygen atoms in total. The van der Waals surface area contributed by atoms with Crippen molar-refractivity contribution in [1.82, 2.24) is 29.9 Å². The van der Waals surface area contributed by atoms with Crippen LogP contribution in [-0.4, -0.2) is 58.2 Å². The number of aliphatic imine (C=N–C) groups is 1. The Morgan fingerprint density at radius 2 is 2.04 bits per heavy atom. The smallest absolute Gasteiger partial charge is 0.194 e. The number of guanidine groups is 1. The SMILES string of the molecule is CCNC(=NCc1ccc(F)c(CN(C)C)c1)N(C)Cc1ncnn1C. The Morgan fingerprint density at radius 3 is 2.65 bits per heavy atom. The molecule has 0 aliphatic rings. The summed E-state index contributed by atoms with van der Waals surface area (Å²) in [6.45, 7) is 4.43. The van der Waals surface area contributed by atoms with Crippen LogP contribution in [0.25, 0.3) is 0 Å². The molecule has 0 spiro atoms. The van der Waals surface area contributed by atoms with E-state index in [1.807, 2.05) is 51.0 Å². The van der Waals surface area contributed by atoms with Gasteiger partial charge in [-0.3, -0.25) is 4.68 Å². The monoisotopic (exact) mass is 361 g/mol. The van der Waals surface area contributed by atoms with Gasteiger partial charge >= 0.3 is 0 Å². The number of aromatic nitrogens is 3. The van der Waals surface area contributed by atoms with Crippen LogP contribution in [0.3, 0.4) is 0 Å². The summed E-state index contributed by atoms with van der Waals surface area (Å²) in [4.78, 5) is 12.9. The van der Waals surface area contributed by atoms with Gasteiger partial charge < -0.3 is 15.1 Å². The quantitative estimate of drug-likeness (QED) is 0.600. The lowest BCUT2D eigenvalue weighted by atomic mass is 10.1. The van der Waals surface area contributed by atoms with Crippen molar-refractivity contribution in [1.29, 1.82) is 0 Å². The molecule has 1 aromatic carbocycles. The minimum atomic E-state index is -0.183. The Bertz CT molecular complexity index is 739. The minimum absolute atomic E-state index is 0.183. The Balaban J connectivity index is 2.12. The molecular formula is C18H28FN7. The third kappa shape index (κ3) is 5.52. The van der Waals surface area contributed by atoms with Crippen molar-refractivity contribution in [3.05, 3.63) is 47.3 Å². The van der Waals surface area contributed by atoms with Crippen molar-refractivity contribution < 1.29 is 4.39 Å². The fourth-order valence-corrected chi connectivity index (χ4v) is 2.57. The number of aryl methyl sites for hydroxylation is 1. The van der Waals surface area contributed by atoms with Gasteiger partial charge in [0.25, 0.3) is 0 Å². The first-order valence-corrected chi connectivity index (χ1v) is 8.65. The number of hydrogen-bond donors (Lipinski definition) is 1. The normalized spacial score (nSPS) is 11.9. The Kier molecular flexibility index (Phi) is 7.08. The van der Waals surface area contributed by atoms with Crippen LogP contribution in [0.4, 0.5) is 4.39 Å². The molecule has 0 bridgehead atoms. The molecule has 26 heavy (non-hydrogen) atoms. The summed E-state index contributed by atoms with van der Waals surface area (Å²) in [5, 5.41) is 7.37. The zero-order valence-corrected chi connectivity index (χ0v) is 16.2. The zero-order chi connectivity index (χ0) is 19.1. The van der Waals surface area contributed by atoms with Crippen LogP contribution in [0.5, 0.6) is 0 Å². The minimum Gasteiger partial charge on any atom is -0.357 e. The van der Waals surface area contributed by atoms with Crippen molar-refractivity contribution in [2.45, 2.75) is 26.6 Å². The van der Waals surface area contributed by atoms with Gasteiger partial charge in [-0.25, -0.2) is 14.4 Å². The lowest BCUT2D eigenvalue weighted by Gasteiger charge is -2.21. The van der Waals surface area contributed by atoms with E-state index < -0.39 is 0 Å². The summed E-state index contributed by atoms with van der Waals surface area (Å²) in [6, 6.07) is 5.18. The van der Waals surface area contributed by atoms with E-state index in [0.29, 0.717) is 25.2 Å². The van der Waals surface area contributed by atoms with Gasteiger partial charge in [0.2, 0.25) is 0 Å². The second kappa shape index (κ2) is 9.28. The highest BCUT2D eigenvalue weighted by Crippen LogP contribution is 2.13. The number of nitrogens with one attached hydrogen (secondary N) is 1. The van der Waals surface area contributed by atoms with E-state index in [4.69, 9.17) is 0 Å². The highest BCUT2D eigenvalue weighted by Gasteiger charge is 2.10. The van der Waals surface area contributed by atoms with Gasteiger partial charge in [-0.05, 0) is 38.7 Å². The Morgan fingerprint density at radius 1 is 1.27 bits per heavy atom. The number of nitrogens with zero attached hydrogens (tertiary/aromatic N) is 6. The van der Waals surface area contributed by atoms with E-state index in [-0.39, 0.29) is 5.82 Å². The van der Waals surface area contributed by atoms with Crippen LogP contribution in [0, 0.1) is 5.82 Å². The van der Waals surface area contributed by atoms with Crippen molar-refractivity contribution in [3.63, 3.8) is 0 Å². The van der Waals surface area contributed by atoms with Crippen LogP contribution in [0.1, 0.15) is 23.9 Å². The second-order valence-corrected chi connectivity index (χ2v) is 6.49. The van der Waals surface area contributed by atoms with Gasteiger partial charge in [-0.15, -0.1) is 0 Å². The van der Waals surface area contributed by atoms with Crippen LogP contribution >= 0.6 is 0 Å². The van der Waals surface area contributed by atoms with E-state index in [9.17, 15) is 4.39 Å². The molecule has 1 heterocycles. The standard InChI is InChI=1S/C18H28FN7/c1-6-20-18(25(4)12-17-22-13-23-26(17)5)21-10-14-7-8-16(19)15(9-14)11-24(2)3/h7-9,13H,6,10-12H2,1-5H3,(H,20,21). The number of rotatable bonds is 7. The predicted molar refractivity (Wildman–Crippen MR) is 101 cm³/mol. The number of benzene rings is 1. The molecule has 0 fully saturated rings. The van der Waals surface area contributed by atoms with Crippen molar-refractivity contribution in [3.8, 4) is 0 Å². The van der Waals surface area contributed by atoms with Crippen LogP contribution < -0.4 is 5.32 Å². The molecule has 0 aliphatic carbocycles. The van der Waals surface area contributed by atoms with Gasteiger partial charge in [0.05, 0.1) is 13.1 Å². The molecule has 0 atom stereocenters. The van der Waals surface area contributed by atoms with E-state index in [0.717, 1.165) is 23.9 Å². The molecule has 1 aromatic heterocycles. The van der Waals surface area contributed by atoms with Crippen molar-refractivity contribution >= 4 is 5.96 Å². The fourth-order valence-electron chi connectivity index (χ4n) is 2.57. The first kappa shape index (κ1) is 19.8. The third-order valence-electron chi connectivity index (χ3n) is 3.89. The van der Waals surface area contributed by atoms with Crippen LogP contribution in [-0.2, 0) is 26.7 Å². The third-order valence-corrected chi connectivity index (χ3v) is 3.89. The molecule has 0 amide bonds. The van der Waals surface area contributed by atoms with Gasteiger partial charge in [0.15, 0.2) is 5.96 Å². The lowest BCUT2D eigenvalue weighted by Crippen LogP contribution is -2.39. The van der Waals surface area contributed by atoms with Crippen molar-refractivity contribution in [2.75, 3.05) is 27.7 Å². The number of hydrogen-bond acceptors (Lipinski definition) is 4. The summed E-state index contributed by atoms with van der Waals surface area (Å²) in [6.07, 6.45) is 1.54. The van der Waals surface area contributed by atoms with Gasteiger partial charge in [0, 0.05) is 32.7 Å². The van der Waals surface area contributed by atoms with E-state index in [2.05, 4.69) is 20.4 Å². The molecular weight excluding hydrogens is 333 g/mol. The maximum absolute atomic E-state index is 13.9. The second-order valence-electron chi connectivity index (χ2n) is 6.49. The average molecular weight is 361 g/mol. The van der Waals surface area contributed by atoms with Gasteiger partial charge in [-0.2, -0.15) is 5.10 Å². The summed E-state index contributed by atoms with van der Waals surface area (Å²) in [5.74, 6) is 1.44. The number of halogens is 1. The zero-order valence-electron chi connectivity index (χ0n) is 16.2. The molecule has 2 aromatic rings. The van der Waals surface area contributed by atoms with E-state index >= 15 is 0 Å². The summed E-state index contributed by atoms with van der Waals surface area (Å²) < 4.78 is 15.7. The van der Waals surface area contributed by atoms with Crippen molar-refractivity contribution in [2.24, 2.45) is 12.0 Å². The highest BCUT2D eigenvalue weighted by atomic mass is 19.1. The summed E-state index contributed by atoms with van der Waals surface area (Å²) in [5.41, 5.74) is 1.66. The molecule has 8 heteroatoms. The van der Waals surface area contributed by atoms with Crippen LogP contribution in [0.15, 0.2) is 29.5 Å². The summed E-state index contributed by atoms with van der Waals surface area (Å²) in [7, 11) is 7.67. The molecule has 0 unspecified atom stereocenters. The largest absolute Gasteiger partial charge is 0.357 e. The Labute approximate surface area is 154 Å². The van der Waals surface area contributed by atoms with Gasteiger partial charge in [0.1, 0.15) is 18.0 Å². The molecule has 2 rings (SSSR count). The first-order chi connectivity index (χ1) is 12.4.